The summed E-state index contributed by atoms with van der Waals surface area (Å²) in [7, 11) is 0.299. The van der Waals surface area contributed by atoms with Gasteiger partial charge in [0.2, 0.25) is 5.78 Å². The Balaban J connectivity index is 1.99. The van der Waals surface area contributed by atoms with Crippen LogP contribution in [0, 0.1) is 0 Å². The number of ether oxygens (including phenoxy) is 3. The summed E-state index contributed by atoms with van der Waals surface area (Å²) in [6.45, 7) is 0. The van der Waals surface area contributed by atoms with Crippen molar-refractivity contribution in [1.82, 2.24) is 3.97 Å². The molecule has 1 heterocycles. The number of methoxy groups -OCH3 is 3. The van der Waals surface area contributed by atoms with E-state index in [4.69, 9.17) is 14.2 Å². The Kier molecular flexibility index (Phi) is 5.63. The third-order valence-electron chi connectivity index (χ3n) is 5.13. The smallest absolute Gasteiger partial charge is 0.268 e. The number of hydrogen-bond acceptors (Lipinski definition) is 6. The molecule has 0 unspecified atom stereocenters. The highest BCUT2D eigenvalue weighted by Crippen LogP contribution is 2.37. The molecular weight excluding hydrogens is 430 g/mol. The molecule has 4 aromatic rings. The highest BCUT2D eigenvalue weighted by molar-refractivity contribution is 7.90. The van der Waals surface area contributed by atoms with E-state index in [1.807, 2.05) is 0 Å². The van der Waals surface area contributed by atoms with Crippen molar-refractivity contribution < 1.29 is 27.4 Å². The predicted molar refractivity (Wildman–Crippen MR) is 120 cm³/mol. The van der Waals surface area contributed by atoms with Crippen LogP contribution in [-0.4, -0.2) is 39.5 Å². The molecule has 0 aliphatic heterocycles. The van der Waals surface area contributed by atoms with Gasteiger partial charge in [0.05, 0.1) is 37.3 Å². The van der Waals surface area contributed by atoms with Crippen molar-refractivity contribution >= 4 is 26.7 Å². The number of ketones is 1. The van der Waals surface area contributed by atoms with Gasteiger partial charge in [-0.2, -0.15) is 0 Å². The van der Waals surface area contributed by atoms with Gasteiger partial charge in [-0.15, -0.1) is 0 Å². The third kappa shape index (κ3) is 3.48. The Morgan fingerprint density at radius 1 is 0.750 bits per heavy atom. The zero-order valence-corrected chi connectivity index (χ0v) is 18.5. The van der Waals surface area contributed by atoms with Crippen molar-refractivity contribution in [1.29, 1.82) is 0 Å². The molecule has 0 N–H and O–H groups in total. The lowest BCUT2D eigenvalue weighted by atomic mass is 10.1. The van der Waals surface area contributed by atoms with Gasteiger partial charge in [-0.05, 0) is 30.3 Å². The summed E-state index contributed by atoms with van der Waals surface area (Å²) in [6, 6.07) is 19.5. The SMILES string of the molecule is COc1cc(OC)c(C(=O)c2cc3ccccc3n2S(=O)(=O)c2ccccc2)cc1OC. The summed E-state index contributed by atoms with van der Waals surface area (Å²) in [4.78, 5) is 13.8. The monoisotopic (exact) mass is 451 g/mol. The molecule has 7 nitrogen and oxygen atoms in total. The average Bonchev–Trinajstić information content (AvgIpc) is 3.23. The highest BCUT2D eigenvalue weighted by Gasteiger charge is 2.29. The summed E-state index contributed by atoms with van der Waals surface area (Å²) < 4.78 is 44.3. The van der Waals surface area contributed by atoms with Crippen LogP contribution in [0.3, 0.4) is 0 Å². The van der Waals surface area contributed by atoms with Crippen LogP contribution in [0.25, 0.3) is 10.9 Å². The minimum Gasteiger partial charge on any atom is -0.496 e. The normalized spacial score (nSPS) is 11.3. The van der Waals surface area contributed by atoms with E-state index >= 15 is 0 Å². The first-order chi connectivity index (χ1) is 15.4. The van der Waals surface area contributed by atoms with Gasteiger partial charge in [0.25, 0.3) is 10.0 Å². The number of rotatable bonds is 7. The number of aromatic nitrogens is 1. The van der Waals surface area contributed by atoms with E-state index in [2.05, 4.69) is 0 Å². The van der Waals surface area contributed by atoms with Gasteiger partial charge in [0.15, 0.2) is 11.5 Å². The fourth-order valence-electron chi connectivity index (χ4n) is 3.59. The molecular formula is C24H21NO6S. The van der Waals surface area contributed by atoms with Gasteiger partial charge in [0.1, 0.15) is 11.4 Å². The molecule has 0 saturated carbocycles. The minimum absolute atomic E-state index is 0.0134. The molecule has 0 spiro atoms. The Morgan fingerprint density at radius 2 is 1.34 bits per heavy atom. The first-order valence-electron chi connectivity index (χ1n) is 9.68. The van der Waals surface area contributed by atoms with Crippen LogP contribution >= 0.6 is 0 Å². The molecule has 3 aromatic carbocycles. The lowest BCUT2D eigenvalue weighted by molar-refractivity contribution is 0.103. The van der Waals surface area contributed by atoms with Crippen LogP contribution in [0.2, 0.25) is 0 Å². The molecule has 0 amide bonds. The second-order valence-electron chi connectivity index (χ2n) is 6.91. The molecule has 0 saturated heterocycles. The van der Waals surface area contributed by atoms with Gasteiger partial charge >= 0.3 is 0 Å². The topological polar surface area (TPSA) is 83.8 Å². The van der Waals surface area contributed by atoms with Gasteiger partial charge in [-0.25, -0.2) is 12.4 Å². The van der Waals surface area contributed by atoms with Gasteiger partial charge in [-0.1, -0.05) is 36.4 Å². The van der Waals surface area contributed by atoms with E-state index in [0.29, 0.717) is 22.4 Å². The summed E-state index contributed by atoms with van der Waals surface area (Å²) in [5.41, 5.74) is 0.539. The maximum Gasteiger partial charge on any atom is 0.268 e. The zero-order chi connectivity index (χ0) is 22.9. The molecule has 1 aromatic heterocycles. The Bertz CT molecular complexity index is 1410. The Hall–Kier alpha value is -3.78. The van der Waals surface area contributed by atoms with Gasteiger partial charge in [-0.3, -0.25) is 4.79 Å². The maximum atomic E-state index is 13.7. The standard InChI is InChI=1S/C24H21NO6S/c1-29-21-15-23(31-3)22(30-2)14-18(21)24(26)20-13-16-9-7-8-12-19(16)25(20)32(27,28)17-10-5-4-6-11-17/h4-15H,1-3H3. The van der Waals surface area contributed by atoms with Gasteiger partial charge < -0.3 is 14.2 Å². The minimum atomic E-state index is -4.05. The third-order valence-corrected chi connectivity index (χ3v) is 6.87. The Labute approximate surface area is 185 Å². The summed E-state index contributed by atoms with van der Waals surface area (Å²) >= 11 is 0. The first kappa shape index (κ1) is 21.5. The van der Waals surface area contributed by atoms with Crippen molar-refractivity contribution in [2.24, 2.45) is 0 Å². The number of para-hydroxylation sites is 1. The number of nitrogens with zero attached hydrogens (tertiary/aromatic N) is 1. The molecule has 0 aliphatic carbocycles. The molecule has 164 valence electrons. The maximum absolute atomic E-state index is 13.7. The number of carbonyl (C=O) groups excluding carboxylic acids is 1. The Morgan fingerprint density at radius 3 is 2.00 bits per heavy atom. The predicted octanol–water partition coefficient (Wildman–Crippen LogP) is 4.14. The average molecular weight is 452 g/mol. The van der Waals surface area contributed by atoms with Crippen molar-refractivity contribution in [3.05, 3.63) is 84.1 Å². The molecule has 0 radical (unpaired) electrons. The lowest BCUT2D eigenvalue weighted by Crippen LogP contribution is -2.19. The van der Waals surface area contributed by atoms with E-state index in [0.717, 1.165) is 3.97 Å². The highest BCUT2D eigenvalue weighted by atomic mass is 32.2. The molecule has 32 heavy (non-hydrogen) atoms. The van der Waals surface area contributed by atoms with Crippen LogP contribution in [0.1, 0.15) is 16.1 Å². The number of benzene rings is 3. The first-order valence-corrected chi connectivity index (χ1v) is 11.1. The molecule has 0 bridgehead atoms. The van der Waals surface area contributed by atoms with E-state index in [1.54, 1.807) is 48.5 Å². The second-order valence-corrected chi connectivity index (χ2v) is 8.69. The van der Waals surface area contributed by atoms with Crippen molar-refractivity contribution in [2.45, 2.75) is 4.90 Å². The van der Waals surface area contributed by atoms with Crippen molar-refractivity contribution in [2.75, 3.05) is 21.3 Å². The van der Waals surface area contributed by atoms with E-state index in [1.165, 1.54) is 45.6 Å². The zero-order valence-electron chi connectivity index (χ0n) is 17.7. The molecule has 4 rings (SSSR count). The quantitative estimate of drug-likeness (QED) is 0.393. The fourth-order valence-corrected chi connectivity index (χ4v) is 5.12. The van der Waals surface area contributed by atoms with Gasteiger partial charge in [0, 0.05) is 11.5 Å². The van der Waals surface area contributed by atoms with E-state index in [-0.39, 0.29) is 21.9 Å². The summed E-state index contributed by atoms with van der Waals surface area (Å²) in [6.07, 6.45) is 0. The van der Waals surface area contributed by atoms with Crippen LogP contribution in [-0.2, 0) is 10.0 Å². The number of hydrogen-bond donors (Lipinski definition) is 0. The van der Waals surface area contributed by atoms with Crippen LogP contribution < -0.4 is 14.2 Å². The van der Waals surface area contributed by atoms with Crippen molar-refractivity contribution in [3.8, 4) is 17.2 Å². The number of fused-ring (bicyclic) bond motifs is 1. The lowest BCUT2D eigenvalue weighted by Gasteiger charge is -2.15. The number of carbonyl (C=O) groups is 1. The second kappa shape index (κ2) is 8.39. The van der Waals surface area contributed by atoms with Crippen molar-refractivity contribution in [3.63, 3.8) is 0 Å². The van der Waals surface area contributed by atoms with Crippen LogP contribution in [0.5, 0.6) is 17.2 Å². The van der Waals surface area contributed by atoms with E-state index in [9.17, 15) is 13.2 Å². The molecule has 0 atom stereocenters. The van der Waals surface area contributed by atoms with Crippen LogP contribution in [0.15, 0.2) is 77.7 Å². The van der Waals surface area contributed by atoms with Crippen LogP contribution in [0.4, 0.5) is 0 Å². The molecule has 0 fully saturated rings. The fraction of sp³-hybridized carbons (Fsp3) is 0.125. The molecule has 8 heteroatoms. The molecule has 0 aliphatic rings. The van der Waals surface area contributed by atoms with E-state index < -0.39 is 15.8 Å². The largest absolute Gasteiger partial charge is 0.496 e. The summed E-state index contributed by atoms with van der Waals surface area (Å²) in [5, 5.41) is 0.620. The summed E-state index contributed by atoms with van der Waals surface area (Å²) in [5.74, 6) is 0.420.